The van der Waals surface area contributed by atoms with Gasteiger partial charge in [0.2, 0.25) is 11.8 Å². The zero-order valence-electron chi connectivity index (χ0n) is 12.0. The average molecular weight is 279 g/mol. The van der Waals surface area contributed by atoms with Gasteiger partial charge in [0.1, 0.15) is 0 Å². The van der Waals surface area contributed by atoms with Gasteiger partial charge >= 0.3 is 0 Å². The second-order valence-electron chi connectivity index (χ2n) is 4.84. The summed E-state index contributed by atoms with van der Waals surface area (Å²) in [6.07, 6.45) is 0.0401. The van der Waals surface area contributed by atoms with Gasteiger partial charge in [0.15, 0.2) is 0 Å². The summed E-state index contributed by atoms with van der Waals surface area (Å²) in [5, 5.41) is 2.79. The minimum Gasteiger partial charge on any atom is -0.481 e. The molecule has 1 amide bonds. The maximum absolute atomic E-state index is 10.9. The molecule has 110 valence electrons. The number of hydrogen-bond acceptors (Lipinski definition) is 5. The molecule has 0 radical (unpaired) electrons. The number of carbonyl (C=O) groups excluding carboxylic acids is 1. The van der Waals surface area contributed by atoms with Crippen LogP contribution in [0.4, 0.5) is 0 Å². The average Bonchev–Trinajstić information content (AvgIpc) is 2.46. The molecule has 2 heterocycles. The van der Waals surface area contributed by atoms with Gasteiger partial charge in [-0.3, -0.25) is 9.69 Å². The van der Waals surface area contributed by atoms with Gasteiger partial charge in [-0.05, 0) is 6.07 Å². The second kappa shape index (κ2) is 7.21. The van der Waals surface area contributed by atoms with Crippen LogP contribution in [0.25, 0.3) is 0 Å². The number of ether oxygens (including phenoxy) is 2. The molecule has 0 spiro atoms. The zero-order chi connectivity index (χ0) is 14.4. The van der Waals surface area contributed by atoms with E-state index in [0.717, 1.165) is 25.3 Å². The maximum Gasteiger partial charge on any atom is 0.216 e. The molecule has 0 aromatic carbocycles. The van der Waals surface area contributed by atoms with E-state index in [1.807, 2.05) is 18.2 Å². The number of amides is 1. The van der Waals surface area contributed by atoms with Gasteiger partial charge in [0.05, 0.1) is 25.5 Å². The van der Waals surface area contributed by atoms with Gasteiger partial charge in [-0.15, -0.1) is 0 Å². The molecule has 1 fully saturated rings. The number of hydrogen-bond donors (Lipinski definition) is 1. The van der Waals surface area contributed by atoms with E-state index in [1.165, 1.54) is 6.92 Å². The van der Waals surface area contributed by atoms with Crippen molar-refractivity contribution >= 4 is 5.91 Å². The Morgan fingerprint density at radius 2 is 2.45 bits per heavy atom. The lowest BCUT2D eigenvalue weighted by atomic mass is 10.2. The third-order valence-electron chi connectivity index (χ3n) is 3.18. The van der Waals surface area contributed by atoms with Crippen molar-refractivity contribution in [2.75, 3.05) is 33.4 Å². The normalized spacial score (nSPS) is 19.6. The molecule has 6 nitrogen and oxygen atoms in total. The lowest BCUT2D eigenvalue weighted by Crippen LogP contribution is -2.46. The smallest absolute Gasteiger partial charge is 0.216 e. The largest absolute Gasteiger partial charge is 0.481 e. The van der Waals surface area contributed by atoms with E-state index in [1.54, 1.807) is 7.11 Å². The Bertz CT molecular complexity index is 453. The Balaban J connectivity index is 1.87. The molecule has 0 aliphatic carbocycles. The van der Waals surface area contributed by atoms with Crippen molar-refractivity contribution < 1.29 is 14.3 Å². The van der Waals surface area contributed by atoms with Crippen molar-refractivity contribution in [3.05, 3.63) is 23.9 Å². The Hall–Kier alpha value is -1.66. The van der Waals surface area contributed by atoms with Crippen LogP contribution in [0, 0.1) is 0 Å². The highest BCUT2D eigenvalue weighted by atomic mass is 16.5. The number of pyridine rings is 1. The fraction of sp³-hybridized carbons (Fsp3) is 0.571. The molecule has 0 saturated carbocycles. The number of carbonyl (C=O) groups is 1. The van der Waals surface area contributed by atoms with Crippen LogP contribution in [0.1, 0.15) is 12.6 Å². The van der Waals surface area contributed by atoms with Crippen molar-refractivity contribution in [2.24, 2.45) is 0 Å². The van der Waals surface area contributed by atoms with E-state index in [2.05, 4.69) is 15.2 Å². The molecule has 6 heteroatoms. The van der Waals surface area contributed by atoms with Crippen LogP contribution in [0.2, 0.25) is 0 Å². The monoisotopic (exact) mass is 279 g/mol. The summed E-state index contributed by atoms with van der Waals surface area (Å²) in [4.78, 5) is 17.6. The molecule has 1 aliphatic heterocycles. The predicted octanol–water partition coefficient (Wildman–Crippen LogP) is 0.427. The third-order valence-corrected chi connectivity index (χ3v) is 3.18. The highest BCUT2D eigenvalue weighted by Crippen LogP contribution is 2.12. The molecular formula is C14H21N3O3. The summed E-state index contributed by atoms with van der Waals surface area (Å²) in [7, 11) is 1.62. The molecule has 1 N–H and O–H groups in total. The summed E-state index contributed by atoms with van der Waals surface area (Å²) in [6.45, 7) is 5.16. The molecule has 1 saturated heterocycles. The van der Waals surface area contributed by atoms with Gasteiger partial charge in [-0.1, -0.05) is 6.07 Å². The van der Waals surface area contributed by atoms with E-state index in [9.17, 15) is 4.79 Å². The van der Waals surface area contributed by atoms with Crippen molar-refractivity contribution in [1.82, 2.24) is 15.2 Å². The van der Waals surface area contributed by atoms with Crippen LogP contribution >= 0.6 is 0 Å². The van der Waals surface area contributed by atoms with Crippen molar-refractivity contribution in [3.8, 4) is 5.88 Å². The first-order valence-corrected chi connectivity index (χ1v) is 6.75. The molecule has 1 aliphatic rings. The van der Waals surface area contributed by atoms with Crippen LogP contribution < -0.4 is 10.1 Å². The summed E-state index contributed by atoms with van der Waals surface area (Å²) in [5.74, 6) is 0.603. The molecule has 1 atom stereocenters. The van der Waals surface area contributed by atoms with Crippen molar-refractivity contribution in [1.29, 1.82) is 0 Å². The van der Waals surface area contributed by atoms with E-state index in [0.29, 0.717) is 19.0 Å². The Morgan fingerprint density at radius 1 is 1.60 bits per heavy atom. The lowest BCUT2D eigenvalue weighted by molar-refractivity contribution is -0.120. The van der Waals surface area contributed by atoms with Crippen LogP contribution in [-0.2, 0) is 16.1 Å². The Kier molecular flexibility index (Phi) is 5.31. The topological polar surface area (TPSA) is 63.7 Å². The van der Waals surface area contributed by atoms with Crippen LogP contribution in [0.5, 0.6) is 5.88 Å². The molecule has 0 bridgehead atoms. The molecule has 1 aromatic heterocycles. The van der Waals surface area contributed by atoms with Gasteiger partial charge < -0.3 is 14.8 Å². The minimum absolute atomic E-state index is 0.0276. The fourth-order valence-electron chi connectivity index (χ4n) is 2.19. The first-order chi connectivity index (χ1) is 9.67. The predicted molar refractivity (Wildman–Crippen MR) is 74.5 cm³/mol. The zero-order valence-corrected chi connectivity index (χ0v) is 12.0. The summed E-state index contributed by atoms with van der Waals surface area (Å²) >= 11 is 0. The maximum atomic E-state index is 10.9. The molecule has 0 unspecified atom stereocenters. The lowest BCUT2D eigenvalue weighted by Gasteiger charge is -2.32. The standard InChI is InChI=1S/C14H21N3O3/c1-11(18)15-8-13-10-17(6-7-20-13)9-12-4-3-5-14(16-12)19-2/h3-5,13H,6-10H2,1-2H3,(H,15,18)/t13-/m0/s1. The first-order valence-electron chi connectivity index (χ1n) is 6.75. The fourth-order valence-corrected chi connectivity index (χ4v) is 2.19. The summed E-state index contributed by atoms with van der Waals surface area (Å²) in [6, 6.07) is 5.76. The highest BCUT2D eigenvalue weighted by Gasteiger charge is 2.21. The number of aromatic nitrogens is 1. The van der Waals surface area contributed by atoms with E-state index in [-0.39, 0.29) is 12.0 Å². The molecular weight excluding hydrogens is 258 g/mol. The summed E-state index contributed by atoms with van der Waals surface area (Å²) < 4.78 is 10.8. The SMILES string of the molecule is COc1cccc(CN2CCO[C@@H](CNC(C)=O)C2)n1. The molecule has 2 rings (SSSR count). The van der Waals surface area contributed by atoms with Crippen LogP contribution in [0.15, 0.2) is 18.2 Å². The van der Waals surface area contributed by atoms with Crippen molar-refractivity contribution in [2.45, 2.75) is 19.6 Å². The van der Waals surface area contributed by atoms with E-state index in [4.69, 9.17) is 9.47 Å². The van der Waals surface area contributed by atoms with Gasteiger partial charge in [-0.2, -0.15) is 0 Å². The number of rotatable bonds is 5. The number of nitrogens with one attached hydrogen (secondary N) is 1. The second-order valence-corrected chi connectivity index (χ2v) is 4.84. The number of nitrogens with zero attached hydrogens (tertiary/aromatic N) is 2. The quantitative estimate of drug-likeness (QED) is 0.846. The van der Waals surface area contributed by atoms with E-state index >= 15 is 0 Å². The number of morpholine rings is 1. The highest BCUT2D eigenvalue weighted by molar-refractivity contribution is 5.72. The third kappa shape index (κ3) is 4.47. The summed E-state index contributed by atoms with van der Waals surface area (Å²) in [5.41, 5.74) is 0.976. The number of methoxy groups -OCH3 is 1. The van der Waals surface area contributed by atoms with Gasteiger partial charge in [-0.25, -0.2) is 4.98 Å². The molecule has 1 aromatic rings. The van der Waals surface area contributed by atoms with Gasteiger partial charge in [0.25, 0.3) is 0 Å². The molecule has 20 heavy (non-hydrogen) atoms. The minimum atomic E-state index is -0.0276. The Morgan fingerprint density at radius 3 is 3.20 bits per heavy atom. The van der Waals surface area contributed by atoms with Crippen LogP contribution in [0.3, 0.4) is 0 Å². The van der Waals surface area contributed by atoms with Crippen LogP contribution in [-0.4, -0.2) is 55.2 Å². The van der Waals surface area contributed by atoms with E-state index < -0.39 is 0 Å². The van der Waals surface area contributed by atoms with Gasteiger partial charge in [0, 0.05) is 39.2 Å². The Labute approximate surface area is 119 Å². The van der Waals surface area contributed by atoms with Crippen molar-refractivity contribution in [3.63, 3.8) is 0 Å². The first kappa shape index (κ1) is 14.7.